The highest BCUT2D eigenvalue weighted by molar-refractivity contribution is 5.48. The van der Waals surface area contributed by atoms with Crippen molar-refractivity contribution in [1.29, 1.82) is 0 Å². The van der Waals surface area contributed by atoms with E-state index < -0.39 is 0 Å². The van der Waals surface area contributed by atoms with Crippen molar-refractivity contribution in [3.8, 4) is 0 Å². The van der Waals surface area contributed by atoms with Gasteiger partial charge in [0.2, 0.25) is 5.95 Å². The van der Waals surface area contributed by atoms with E-state index in [0.29, 0.717) is 12.0 Å². The van der Waals surface area contributed by atoms with Gasteiger partial charge in [-0.05, 0) is 26.7 Å². The van der Waals surface area contributed by atoms with E-state index in [0.717, 1.165) is 17.9 Å². The third-order valence-corrected chi connectivity index (χ3v) is 3.59. The van der Waals surface area contributed by atoms with E-state index in [9.17, 15) is 0 Å². The molecule has 94 valence electrons. The van der Waals surface area contributed by atoms with Gasteiger partial charge in [-0.1, -0.05) is 19.3 Å². The van der Waals surface area contributed by atoms with Gasteiger partial charge < -0.3 is 10.6 Å². The second kappa shape index (κ2) is 5.34. The molecule has 0 bridgehead atoms. The van der Waals surface area contributed by atoms with Crippen LogP contribution in [-0.4, -0.2) is 22.6 Å². The van der Waals surface area contributed by atoms with Crippen LogP contribution in [0.3, 0.4) is 0 Å². The Morgan fingerprint density at radius 3 is 2.71 bits per heavy atom. The van der Waals surface area contributed by atoms with Crippen LogP contribution in [0.1, 0.15) is 44.6 Å². The Bertz CT molecular complexity index is 372. The maximum absolute atomic E-state index is 5.70. The van der Waals surface area contributed by atoms with Gasteiger partial charge in [0.15, 0.2) is 0 Å². The molecule has 0 aliphatic heterocycles. The quantitative estimate of drug-likeness (QED) is 0.873. The highest BCUT2D eigenvalue weighted by atomic mass is 15.2. The van der Waals surface area contributed by atoms with Gasteiger partial charge in [-0.3, -0.25) is 0 Å². The van der Waals surface area contributed by atoms with Crippen LogP contribution in [-0.2, 0) is 0 Å². The van der Waals surface area contributed by atoms with Crippen LogP contribution in [0.15, 0.2) is 6.20 Å². The van der Waals surface area contributed by atoms with Crippen LogP contribution in [0.2, 0.25) is 0 Å². The van der Waals surface area contributed by atoms with E-state index >= 15 is 0 Å². The summed E-state index contributed by atoms with van der Waals surface area (Å²) in [5.41, 5.74) is 6.82. The van der Waals surface area contributed by atoms with E-state index in [1.807, 2.05) is 6.20 Å². The second-order valence-corrected chi connectivity index (χ2v) is 4.81. The van der Waals surface area contributed by atoms with Gasteiger partial charge in [0.05, 0.1) is 0 Å². The number of nitrogen functional groups attached to an aromatic ring is 1. The molecule has 0 unspecified atom stereocenters. The van der Waals surface area contributed by atoms with Gasteiger partial charge in [-0.15, -0.1) is 0 Å². The highest BCUT2D eigenvalue weighted by Crippen LogP contribution is 2.27. The molecule has 4 nitrogen and oxygen atoms in total. The van der Waals surface area contributed by atoms with Crippen molar-refractivity contribution in [2.24, 2.45) is 0 Å². The Morgan fingerprint density at radius 1 is 1.35 bits per heavy atom. The largest absolute Gasteiger partial charge is 0.368 e. The molecule has 4 heteroatoms. The van der Waals surface area contributed by atoms with Crippen molar-refractivity contribution in [3.05, 3.63) is 11.8 Å². The molecule has 1 aliphatic rings. The molecule has 2 rings (SSSR count). The van der Waals surface area contributed by atoms with E-state index in [1.165, 1.54) is 32.1 Å². The van der Waals surface area contributed by atoms with Crippen LogP contribution < -0.4 is 10.6 Å². The van der Waals surface area contributed by atoms with Gasteiger partial charge in [-0.25, -0.2) is 4.98 Å². The van der Waals surface area contributed by atoms with Crippen molar-refractivity contribution < 1.29 is 0 Å². The third-order valence-electron chi connectivity index (χ3n) is 3.59. The van der Waals surface area contributed by atoms with Crippen molar-refractivity contribution >= 4 is 11.8 Å². The summed E-state index contributed by atoms with van der Waals surface area (Å²) in [5.74, 6) is 1.40. The summed E-state index contributed by atoms with van der Waals surface area (Å²) < 4.78 is 0. The smallest absolute Gasteiger partial charge is 0.221 e. The number of rotatable bonds is 3. The Kier molecular flexibility index (Phi) is 3.82. The van der Waals surface area contributed by atoms with Crippen LogP contribution in [0.5, 0.6) is 0 Å². The molecule has 1 saturated carbocycles. The van der Waals surface area contributed by atoms with Crippen LogP contribution in [0.25, 0.3) is 0 Å². The predicted molar refractivity (Wildman–Crippen MR) is 71.1 cm³/mol. The topological polar surface area (TPSA) is 55.0 Å². The summed E-state index contributed by atoms with van der Waals surface area (Å²) in [4.78, 5) is 10.8. The number of aryl methyl sites for hydroxylation is 1. The minimum atomic E-state index is 0.375. The molecule has 0 atom stereocenters. The van der Waals surface area contributed by atoms with E-state index in [1.54, 1.807) is 0 Å². The van der Waals surface area contributed by atoms with Crippen LogP contribution in [0, 0.1) is 6.92 Å². The Hall–Kier alpha value is -1.32. The first-order valence-corrected chi connectivity index (χ1v) is 6.58. The SMILES string of the molecule is CCN(c1nc(N)ncc1C)C1CCCCC1. The average Bonchev–Trinajstić information content (AvgIpc) is 2.36. The zero-order valence-corrected chi connectivity index (χ0v) is 10.8. The van der Waals surface area contributed by atoms with Gasteiger partial charge in [-0.2, -0.15) is 4.98 Å². The Labute approximate surface area is 103 Å². The van der Waals surface area contributed by atoms with Crippen molar-refractivity contribution in [2.75, 3.05) is 17.2 Å². The van der Waals surface area contributed by atoms with Gasteiger partial charge in [0.1, 0.15) is 5.82 Å². The number of nitrogens with zero attached hydrogens (tertiary/aromatic N) is 3. The number of nitrogens with two attached hydrogens (primary N) is 1. The molecule has 1 aliphatic carbocycles. The summed E-state index contributed by atoms with van der Waals surface area (Å²) in [5, 5.41) is 0. The molecule has 0 aromatic carbocycles. The van der Waals surface area contributed by atoms with Crippen molar-refractivity contribution in [3.63, 3.8) is 0 Å². The number of hydrogen-bond acceptors (Lipinski definition) is 4. The summed E-state index contributed by atoms with van der Waals surface area (Å²) >= 11 is 0. The molecular formula is C13H22N4. The normalized spacial score (nSPS) is 17.1. The molecule has 0 radical (unpaired) electrons. The van der Waals surface area contributed by atoms with Gasteiger partial charge in [0.25, 0.3) is 0 Å². The highest BCUT2D eigenvalue weighted by Gasteiger charge is 2.22. The van der Waals surface area contributed by atoms with E-state index in [2.05, 4.69) is 28.7 Å². The van der Waals surface area contributed by atoms with Crippen LogP contribution >= 0.6 is 0 Å². The lowest BCUT2D eigenvalue weighted by molar-refractivity contribution is 0.416. The number of hydrogen-bond donors (Lipinski definition) is 1. The van der Waals surface area contributed by atoms with Crippen LogP contribution in [0.4, 0.5) is 11.8 Å². The fourth-order valence-corrected chi connectivity index (χ4v) is 2.71. The lowest BCUT2D eigenvalue weighted by Gasteiger charge is -2.35. The molecule has 17 heavy (non-hydrogen) atoms. The minimum Gasteiger partial charge on any atom is -0.368 e. The molecule has 0 saturated heterocycles. The molecule has 1 heterocycles. The molecule has 0 spiro atoms. The molecular weight excluding hydrogens is 212 g/mol. The lowest BCUT2D eigenvalue weighted by atomic mass is 9.94. The van der Waals surface area contributed by atoms with E-state index in [-0.39, 0.29) is 0 Å². The lowest BCUT2D eigenvalue weighted by Crippen LogP contribution is -2.37. The predicted octanol–water partition coefficient (Wildman–Crippen LogP) is 2.53. The molecule has 1 fully saturated rings. The van der Waals surface area contributed by atoms with Crippen molar-refractivity contribution in [1.82, 2.24) is 9.97 Å². The minimum absolute atomic E-state index is 0.375. The first-order valence-electron chi connectivity index (χ1n) is 6.58. The summed E-state index contributed by atoms with van der Waals surface area (Å²) in [6.45, 7) is 5.23. The van der Waals surface area contributed by atoms with Gasteiger partial charge >= 0.3 is 0 Å². The number of aromatic nitrogens is 2. The second-order valence-electron chi connectivity index (χ2n) is 4.81. The fourth-order valence-electron chi connectivity index (χ4n) is 2.71. The zero-order valence-electron chi connectivity index (χ0n) is 10.8. The first-order chi connectivity index (χ1) is 8.22. The monoisotopic (exact) mass is 234 g/mol. The maximum atomic E-state index is 5.70. The third kappa shape index (κ3) is 2.68. The zero-order chi connectivity index (χ0) is 12.3. The Balaban J connectivity index is 2.24. The number of anilines is 2. The summed E-state index contributed by atoms with van der Waals surface area (Å²) in [6.07, 6.45) is 8.41. The first kappa shape index (κ1) is 12.1. The van der Waals surface area contributed by atoms with E-state index in [4.69, 9.17) is 5.73 Å². The molecule has 2 N–H and O–H groups in total. The molecule has 1 aromatic rings. The maximum Gasteiger partial charge on any atom is 0.221 e. The molecule has 0 amide bonds. The summed E-state index contributed by atoms with van der Waals surface area (Å²) in [6, 6.07) is 0.627. The van der Waals surface area contributed by atoms with Crippen molar-refractivity contribution in [2.45, 2.75) is 52.0 Å². The fraction of sp³-hybridized carbons (Fsp3) is 0.692. The standard InChI is InChI=1S/C13H22N4/c1-3-17(11-7-5-4-6-8-11)12-10(2)9-15-13(14)16-12/h9,11H,3-8H2,1-2H3,(H2,14,15,16). The molecule has 1 aromatic heterocycles. The average molecular weight is 234 g/mol. The Morgan fingerprint density at radius 2 is 2.06 bits per heavy atom. The van der Waals surface area contributed by atoms with Gasteiger partial charge in [0, 0.05) is 24.3 Å². The summed E-state index contributed by atoms with van der Waals surface area (Å²) in [7, 11) is 0.